The lowest BCUT2D eigenvalue weighted by Gasteiger charge is -2.34. The van der Waals surface area contributed by atoms with Gasteiger partial charge in [-0.15, -0.1) is 0 Å². The van der Waals surface area contributed by atoms with Crippen molar-refractivity contribution in [2.24, 2.45) is 5.92 Å². The summed E-state index contributed by atoms with van der Waals surface area (Å²) in [5.41, 5.74) is 0. The number of rotatable bonds is 5. The van der Waals surface area contributed by atoms with Crippen molar-refractivity contribution in [2.75, 3.05) is 13.1 Å². The molecule has 1 N–H and O–H groups in total. The number of carbonyl (C=O) groups excluding carboxylic acids is 2. The van der Waals surface area contributed by atoms with Gasteiger partial charge < -0.3 is 10.2 Å². The number of carbonyl (C=O) groups is 2. The molecule has 2 aliphatic rings. The number of hydrogen-bond donors (Lipinski definition) is 1. The quantitative estimate of drug-likeness (QED) is 0.839. The Balaban J connectivity index is 1.52. The van der Waals surface area contributed by atoms with Crippen LogP contribution in [0.25, 0.3) is 0 Å². The van der Waals surface area contributed by atoms with Crippen molar-refractivity contribution in [3.05, 3.63) is 12.7 Å². The second kappa shape index (κ2) is 6.24. The second-order valence-corrected chi connectivity index (χ2v) is 5.77. The predicted octanol–water partition coefficient (Wildman–Crippen LogP) is 0.185. The normalized spacial score (nSPS) is 22.1. The average molecular weight is 291 g/mol. The minimum absolute atomic E-state index is 0.0381. The van der Waals surface area contributed by atoms with Gasteiger partial charge >= 0.3 is 0 Å². The molecule has 114 valence electrons. The smallest absolute Gasteiger partial charge is 0.242 e. The topological polar surface area (TPSA) is 80.1 Å². The van der Waals surface area contributed by atoms with Crippen LogP contribution in [0.5, 0.6) is 0 Å². The van der Waals surface area contributed by atoms with Crippen LogP contribution in [0.1, 0.15) is 32.1 Å². The summed E-state index contributed by atoms with van der Waals surface area (Å²) in [6, 6.07) is -0.289. The van der Waals surface area contributed by atoms with Crippen LogP contribution in [-0.4, -0.2) is 50.6 Å². The van der Waals surface area contributed by atoms with E-state index in [-0.39, 0.29) is 23.8 Å². The molecule has 7 nitrogen and oxygen atoms in total. The van der Waals surface area contributed by atoms with Crippen molar-refractivity contribution < 1.29 is 9.59 Å². The van der Waals surface area contributed by atoms with Crippen LogP contribution in [0.3, 0.4) is 0 Å². The molecule has 0 bridgehead atoms. The number of piperidine rings is 1. The van der Waals surface area contributed by atoms with Crippen LogP contribution >= 0.6 is 0 Å². The molecule has 0 aromatic carbocycles. The van der Waals surface area contributed by atoms with Gasteiger partial charge in [-0.05, 0) is 32.1 Å². The van der Waals surface area contributed by atoms with Crippen LogP contribution in [0.4, 0.5) is 0 Å². The van der Waals surface area contributed by atoms with E-state index in [1.165, 1.54) is 6.33 Å². The molecule has 1 aromatic rings. The summed E-state index contributed by atoms with van der Waals surface area (Å²) in [6.45, 7) is 1.82. The molecule has 0 unspecified atom stereocenters. The van der Waals surface area contributed by atoms with E-state index in [0.29, 0.717) is 13.1 Å². The lowest BCUT2D eigenvalue weighted by Crippen LogP contribution is -2.52. The minimum Gasteiger partial charge on any atom is -0.352 e. The first-order chi connectivity index (χ1) is 10.3. The van der Waals surface area contributed by atoms with E-state index in [2.05, 4.69) is 15.4 Å². The molecule has 1 atom stereocenters. The Morgan fingerprint density at radius 3 is 2.81 bits per heavy atom. The van der Waals surface area contributed by atoms with Crippen LogP contribution in [0, 0.1) is 5.92 Å². The summed E-state index contributed by atoms with van der Waals surface area (Å²) < 4.78 is 1.67. The Morgan fingerprint density at radius 1 is 1.24 bits per heavy atom. The third-order valence-electron chi connectivity index (χ3n) is 4.12. The molecule has 2 heterocycles. The van der Waals surface area contributed by atoms with E-state index < -0.39 is 0 Å². The molecule has 1 saturated carbocycles. The molecule has 1 aliphatic carbocycles. The molecule has 3 rings (SSSR count). The zero-order valence-corrected chi connectivity index (χ0v) is 12.1. The molecule has 21 heavy (non-hydrogen) atoms. The van der Waals surface area contributed by atoms with Gasteiger partial charge in [0, 0.05) is 19.0 Å². The maximum Gasteiger partial charge on any atom is 0.242 e. The van der Waals surface area contributed by atoms with Gasteiger partial charge in [0.25, 0.3) is 0 Å². The Bertz CT molecular complexity index is 497. The van der Waals surface area contributed by atoms with E-state index >= 15 is 0 Å². The lowest BCUT2D eigenvalue weighted by molar-refractivity contribution is -0.143. The summed E-state index contributed by atoms with van der Waals surface area (Å²) in [4.78, 5) is 30.2. The van der Waals surface area contributed by atoms with Crippen molar-refractivity contribution in [1.29, 1.82) is 0 Å². The van der Waals surface area contributed by atoms with Gasteiger partial charge in [0.2, 0.25) is 11.8 Å². The molecule has 0 radical (unpaired) electrons. The zero-order chi connectivity index (χ0) is 14.7. The predicted molar refractivity (Wildman–Crippen MR) is 75.1 cm³/mol. The molecular formula is C14H21N5O2. The lowest BCUT2D eigenvalue weighted by atomic mass is 10.0. The van der Waals surface area contributed by atoms with E-state index in [1.54, 1.807) is 15.9 Å². The number of hydrogen-bond acceptors (Lipinski definition) is 4. The van der Waals surface area contributed by atoms with Crippen LogP contribution in [-0.2, 0) is 16.1 Å². The SMILES string of the molecule is O=C(NCCn1cncn1)[C@@H]1CCCCN1C(=O)C1CC1. The third kappa shape index (κ3) is 3.40. The molecule has 0 spiro atoms. The summed E-state index contributed by atoms with van der Waals surface area (Å²) in [5, 5.41) is 6.90. The Morgan fingerprint density at radius 2 is 2.10 bits per heavy atom. The molecule has 7 heteroatoms. The number of likely N-dealkylation sites (tertiary alicyclic amines) is 1. The average Bonchev–Trinajstić information content (AvgIpc) is 3.24. The third-order valence-corrected chi connectivity index (χ3v) is 4.12. The first kappa shape index (κ1) is 14.0. The van der Waals surface area contributed by atoms with E-state index in [0.717, 1.165) is 38.6 Å². The summed E-state index contributed by atoms with van der Waals surface area (Å²) in [5.74, 6) is 0.309. The molecule has 2 fully saturated rings. The van der Waals surface area contributed by atoms with Crippen molar-refractivity contribution >= 4 is 11.8 Å². The van der Waals surface area contributed by atoms with E-state index in [9.17, 15) is 9.59 Å². The fraction of sp³-hybridized carbons (Fsp3) is 0.714. The number of amides is 2. The van der Waals surface area contributed by atoms with Crippen molar-refractivity contribution in [2.45, 2.75) is 44.7 Å². The summed E-state index contributed by atoms with van der Waals surface area (Å²) >= 11 is 0. The molecule has 1 aliphatic heterocycles. The van der Waals surface area contributed by atoms with Crippen LogP contribution in [0.2, 0.25) is 0 Å². The molecule has 1 aromatic heterocycles. The Kier molecular flexibility index (Phi) is 4.17. The maximum atomic E-state index is 12.3. The van der Waals surface area contributed by atoms with Crippen LogP contribution in [0.15, 0.2) is 12.7 Å². The second-order valence-electron chi connectivity index (χ2n) is 5.77. The summed E-state index contributed by atoms with van der Waals surface area (Å²) in [7, 11) is 0. The van der Waals surface area contributed by atoms with Gasteiger partial charge in [0.1, 0.15) is 18.7 Å². The van der Waals surface area contributed by atoms with Gasteiger partial charge in [-0.25, -0.2) is 4.98 Å². The van der Waals surface area contributed by atoms with Gasteiger partial charge in [0.05, 0.1) is 6.54 Å². The largest absolute Gasteiger partial charge is 0.352 e. The van der Waals surface area contributed by atoms with Gasteiger partial charge in [-0.3, -0.25) is 14.3 Å². The number of aromatic nitrogens is 3. The van der Waals surface area contributed by atoms with Crippen molar-refractivity contribution in [3.63, 3.8) is 0 Å². The molecular weight excluding hydrogens is 270 g/mol. The van der Waals surface area contributed by atoms with Gasteiger partial charge in [-0.2, -0.15) is 5.10 Å². The number of nitrogens with zero attached hydrogens (tertiary/aromatic N) is 4. The highest BCUT2D eigenvalue weighted by atomic mass is 16.2. The Hall–Kier alpha value is -1.92. The highest BCUT2D eigenvalue weighted by molar-refractivity contribution is 5.89. The summed E-state index contributed by atoms with van der Waals surface area (Å²) in [6.07, 6.45) is 7.84. The monoisotopic (exact) mass is 291 g/mol. The van der Waals surface area contributed by atoms with Gasteiger partial charge in [-0.1, -0.05) is 0 Å². The van der Waals surface area contributed by atoms with Crippen molar-refractivity contribution in [3.8, 4) is 0 Å². The number of nitrogens with one attached hydrogen (secondary N) is 1. The van der Waals surface area contributed by atoms with Crippen LogP contribution < -0.4 is 5.32 Å². The zero-order valence-electron chi connectivity index (χ0n) is 12.1. The van der Waals surface area contributed by atoms with Gasteiger partial charge in [0.15, 0.2) is 0 Å². The molecule has 1 saturated heterocycles. The minimum atomic E-state index is -0.289. The highest BCUT2D eigenvalue weighted by Gasteiger charge is 2.39. The van der Waals surface area contributed by atoms with Crippen molar-refractivity contribution in [1.82, 2.24) is 25.0 Å². The fourth-order valence-corrected chi connectivity index (χ4v) is 2.79. The standard InChI is InChI=1S/C14H21N5O2/c20-13(16-6-8-18-10-15-9-17-18)12-3-1-2-7-19(12)14(21)11-4-5-11/h9-12H,1-8H2,(H,16,20)/t12-/m0/s1. The maximum absolute atomic E-state index is 12.3. The highest BCUT2D eigenvalue weighted by Crippen LogP contribution is 2.33. The first-order valence-electron chi connectivity index (χ1n) is 7.66. The fourth-order valence-electron chi connectivity index (χ4n) is 2.79. The Labute approximate surface area is 123 Å². The first-order valence-corrected chi connectivity index (χ1v) is 7.66. The molecule has 2 amide bonds. The van der Waals surface area contributed by atoms with E-state index in [1.807, 2.05) is 0 Å². The van der Waals surface area contributed by atoms with E-state index in [4.69, 9.17) is 0 Å².